The molecule has 1 saturated carbocycles. The molecule has 9 heteroatoms. The van der Waals surface area contributed by atoms with Gasteiger partial charge in [0, 0.05) is 36.2 Å². The fourth-order valence-corrected chi connectivity index (χ4v) is 4.60. The smallest absolute Gasteiger partial charge is 0.256 e. The lowest BCUT2D eigenvalue weighted by atomic mass is 10.1. The Hall–Kier alpha value is -2.81. The predicted octanol–water partition coefficient (Wildman–Crippen LogP) is 2.35. The van der Waals surface area contributed by atoms with Crippen LogP contribution in [0.5, 0.6) is 0 Å². The zero-order chi connectivity index (χ0) is 20.5. The summed E-state index contributed by atoms with van der Waals surface area (Å²) in [5.74, 6) is 1.55. The zero-order valence-corrected chi connectivity index (χ0v) is 17.2. The normalized spacial score (nSPS) is 18.3. The highest BCUT2D eigenvalue weighted by atomic mass is 16.4. The minimum absolute atomic E-state index is 0.0169. The van der Waals surface area contributed by atoms with E-state index in [4.69, 9.17) is 9.40 Å². The van der Waals surface area contributed by atoms with E-state index < -0.39 is 0 Å². The lowest BCUT2D eigenvalue weighted by Crippen LogP contribution is -2.35. The maximum absolute atomic E-state index is 13.5. The molecular formula is C21H27N7O2. The highest BCUT2D eigenvalue weighted by Gasteiger charge is 2.24. The standard InChI is InChI=1S/C21H27N7O2/c1-13-26-27-18(30-13)11-14-10-15-12-23-21(24-16-6-8-22-9-7-16)25-19(15)28(20(14)29)17-4-2-3-5-17/h10,12,16-17,22H,2-9,11H2,1H3,(H,23,24,25). The van der Waals surface area contributed by atoms with E-state index in [1.807, 2.05) is 16.8 Å². The third-order valence-electron chi connectivity index (χ3n) is 6.12. The van der Waals surface area contributed by atoms with Crippen LogP contribution in [-0.4, -0.2) is 43.9 Å². The molecule has 3 aromatic rings. The first-order valence-corrected chi connectivity index (χ1v) is 10.8. The van der Waals surface area contributed by atoms with E-state index in [2.05, 4.69) is 25.8 Å². The first-order valence-electron chi connectivity index (χ1n) is 10.8. The molecule has 4 heterocycles. The Morgan fingerprint density at radius 2 is 2.00 bits per heavy atom. The number of hydrogen-bond acceptors (Lipinski definition) is 8. The average Bonchev–Trinajstić information content (AvgIpc) is 3.42. The molecule has 0 aromatic carbocycles. The summed E-state index contributed by atoms with van der Waals surface area (Å²) < 4.78 is 7.39. The van der Waals surface area contributed by atoms with Crippen molar-refractivity contribution in [1.82, 2.24) is 30.0 Å². The Morgan fingerprint density at radius 3 is 2.73 bits per heavy atom. The fraction of sp³-hybridized carbons (Fsp3) is 0.571. The predicted molar refractivity (Wildman–Crippen MR) is 113 cm³/mol. The van der Waals surface area contributed by atoms with Crippen LogP contribution in [0.25, 0.3) is 11.0 Å². The lowest BCUT2D eigenvalue weighted by molar-refractivity contribution is 0.473. The van der Waals surface area contributed by atoms with Crippen LogP contribution in [0.3, 0.4) is 0 Å². The molecule has 0 unspecified atom stereocenters. The molecule has 2 aliphatic rings. The second-order valence-electron chi connectivity index (χ2n) is 8.32. The number of anilines is 1. The second-order valence-corrected chi connectivity index (χ2v) is 8.32. The molecule has 3 aromatic heterocycles. The van der Waals surface area contributed by atoms with E-state index in [9.17, 15) is 4.79 Å². The fourth-order valence-electron chi connectivity index (χ4n) is 4.60. The number of pyridine rings is 1. The highest BCUT2D eigenvalue weighted by molar-refractivity contribution is 5.76. The second kappa shape index (κ2) is 8.14. The quantitative estimate of drug-likeness (QED) is 0.661. The van der Waals surface area contributed by atoms with Gasteiger partial charge in [-0.25, -0.2) is 4.98 Å². The molecule has 30 heavy (non-hydrogen) atoms. The number of nitrogens with zero attached hydrogens (tertiary/aromatic N) is 5. The van der Waals surface area contributed by atoms with Gasteiger partial charge in [0.05, 0.1) is 6.42 Å². The third kappa shape index (κ3) is 3.81. The Morgan fingerprint density at radius 1 is 1.20 bits per heavy atom. The highest BCUT2D eigenvalue weighted by Crippen LogP contribution is 2.31. The van der Waals surface area contributed by atoms with E-state index in [1.54, 1.807) is 6.92 Å². The van der Waals surface area contributed by atoms with Crippen molar-refractivity contribution in [3.8, 4) is 0 Å². The molecular weight excluding hydrogens is 382 g/mol. The Balaban J connectivity index is 1.55. The van der Waals surface area contributed by atoms with Gasteiger partial charge in [-0.05, 0) is 44.8 Å². The van der Waals surface area contributed by atoms with Crippen molar-refractivity contribution in [2.45, 2.75) is 64.0 Å². The summed E-state index contributed by atoms with van der Waals surface area (Å²) in [6, 6.07) is 2.40. The molecule has 0 spiro atoms. The summed E-state index contributed by atoms with van der Waals surface area (Å²) >= 11 is 0. The Bertz CT molecular complexity index is 1090. The first-order chi connectivity index (χ1) is 14.7. The summed E-state index contributed by atoms with van der Waals surface area (Å²) in [5.41, 5.74) is 1.33. The molecule has 0 bridgehead atoms. The Labute approximate surface area is 174 Å². The molecule has 1 aliphatic carbocycles. The first kappa shape index (κ1) is 19.2. The van der Waals surface area contributed by atoms with Crippen LogP contribution in [-0.2, 0) is 6.42 Å². The minimum atomic E-state index is -0.0169. The van der Waals surface area contributed by atoms with Crippen LogP contribution in [0.2, 0.25) is 0 Å². The summed E-state index contributed by atoms with van der Waals surface area (Å²) in [6.45, 7) is 3.74. The summed E-state index contributed by atoms with van der Waals surface area (Å²) in [7, 11) is 0. The molecule has 0 radical (unpaired) electrons. The van der Waals surface area contributed by atoms with Gasteiger partial charge in [-0.1, -0.05) is 12.8 Å². The number of aromatic nitrogens is 5. The topological polar surface area (TPSA) is 111 Å². The van der Waals surface area contributed by atoms with Crippen LogP contribution in [0, 0.1) is 6.92 Å². The van der Waals surface area contributed by atoms with Crippen molar-refractivity contribution >= 4 is 17.0 Å². The number of piperidine rings is 1. The molecule has 2 N–H and O–H groups in total. The number of fused-ring (bicyclic) bond motifs is 1. The number of nitrogens with one attached hydrogen (secondary N) is 2. The van der Waals surface area contributed by atoms with Gasteiger partial charge in [0.25, 0.3) is 5.56 Å². The number of rotatable bonds is 5. The van der Waals surface area contributed by atoms with Crippen molar-refractivity contribution in [2.75, 3.05) is 18.4 Å². The molecule has 0 amide bonds. The van der Waals surface area contributed by atoms with Gasteiger partial charge in [0.1, 0.15) is 5.65 Å². The summed E-state index contributed by atoms with van der Waals surface area (Å²) in [5, 5.41) is 15.6. The van der Waals surface area contributed by atoms with E-state index in [0.29, 0.717) is 41.4 Å². The molecule has 0 atom stereocenters. The van der Waals surface area contributed by atoms with Crippen molar-refractivity contribution in [3.05, 3.63) is 40.0 Å². The third-order valence-corrected chi connectivity index (χ3v) is 6.12. The largest absolute Gasteiger partial charge is 0.425 e. The molecule has 158 valence electrons. The molecule has 1 saturated heterocycles. The SMILES string of the molecule is Cc1nnc(Cc2cc3cnc(NC4CCNCC4)nc3n(C3CCCC3)c2=O)o1. The van der Waals surface area contributed by atoms with E-state index in [0.717, 1.165) is 57.0 Å². The van der Waals surface area contributed by atoms with Crippen LogP contribution in [0.1, 0.15) is 61.9 Å². The maximum atomic E-state index is 13.5. The molecule has 2 fully saturated rings. The van der Waals surface area contributed by atoms with Gasteiger partial charge in [0.2, 0.25) is 17.7 Å². The van der Waals surface area contributed by atoms with Gasteiger partial charge in [-0.15, -0.1) is 10.2 Å². The van der Waals surface area contributed by atoms with Crippen LogP contribution >= 0.6 is 0 Å². The van der Waals surface area contributed by atoms with Crippen LogP contribution < -0.4 is 16.2 Å². The van der Waals surface area contributed by atoms with Gasteiger partial charge in [0.15, 0.2) is 0 Å². The van der Waals surface area contributed by atoms with E-state index in [-0.39, 0.29) is 11.6 Å². The zero-order valence-electron chi connectivity index (χ0n) is 17.2. The monoisotopic (exact) mass is 409 g/mol. The van der Waals surface area contributed by atoms with Crippen molar-refractivity contribution in [3.63, 3.8) is 0 Å². The summed E-state index contributed by atoms with van der Waals surface area (Å²) in [4.78, 5) is 22.8. The van der Waals surface area contributed by atoms with Crippen molar-refractivity contribution in [2.24, 2.45) is 0 Å². The van der Waals surface area contributed by atoms with Gasteiger partial charge in [-0.2, -0.15) is 4.98 Å². The molecule has 5 rings (SSSR count). The number of hydrogen-bond donors (Lipinski definition) is 2. The van der Waals surface area contributed by atoms with E-state index in [1.165, 1.54) is 0 Å². The minimum Gasteiger partial charge on any atom is -0.425 e. The molecule has 1 aliphatic heterocycles. The van der Waals surface area contributed by atoms with Crippen molar-refractivity contribution in [1.29, 1.82) is 0 Å². The number of aryl methyl sites for hydroxylation is 1. The van der Waals surface area contributed by atoms with E-state index >= 15 is 0 Å². The van der Waals surface area contributed by atoms with Crippen molar-refractivity contribution < 1.29 is 4.42 Å². The van der Waals surface area contributed by atoms with Gasteiger partial charge in [-0.3, -0.25) is 9.36 Å². The average molecular weight is 409 g/mol. The van der Waals surface area contributed by atoms with Gasteiger partial charge >= 0.3 is 0 Å². The van der Waals surface area contributed by atoms with Gasteiger partial charge < -0.3 is 15.1 Å². The Kier molecular flexibility index (Phi) is 5.20. The molecule has 9 nitrogen and oxygen atoms in total. The summed E-state index contributed by atoms with van der Waals surface area (Å²) in [6.07, 6.45) is 8.49. The maximum Gasteiger partial charge on any atom is 0.256 e. The van der Waals surface area contributed by atoms with Crippen LogP contribution in [0.15, 0.2) is 21.5 Å². The lowest BCUT2D eigenvalue weighted by Gasteiger charge is -2.24. The van der Waals surface area contributed by atoms with Crippen LogP contribution in [0.4, 0.5) is 5.95 Å².